The maximum Gasteiger partial charge on any atom is 0.163 e. The zero-order valence-electron chi connectivity index (χ0n) is 8.98. The van der Waals surface area contributed by atoms with Crippen LogP contribution in [0, 0.1) is 0 Å². The fraction of sp³-hybridized carbons (Fsp3) is 0.500. The van der Waals surface area contributed by atoms with Gasteiger partial charge in [0.05, 0.1) is 6.10 Å². The van der Waals surface area contributed by atoms with Crippen molar-refractivity contribution < 1.29 is 15.3 Å². The first-order chi connectivity index (χ1) is 7.16. The zero-order valence-corrected chi connectivity index (χ0v) is 8.98. The molecular formula is C12H18O3. The summed E-state index contributed by atoms with van der Waals surface area (Å²) >= 11 is 0. The molecule has 0 saturated carbocycles. The number of aliphatic hydroxyl groups excluding tert-OH is 1. The minimum absolute atomic E-state index is 0.179. The Balaban J connectivity index is 2.65. The maximum atomic E-state index is 9.78. The van der Waals surface area contributed by atoms with Gasteiger partial charge < -0.3 is 15.3 Å². The van der Waals surface area contributed by atoms with Crippen LogP contribution in [0.5, 0.6) is 11.5 Å². The van der Waals surface area contributed by atoms with E-state index in [1.807, 2.05) is 0 Å². The first-order valence-corrected chi connectivity index (χ1v) is 5.35. The number of phenols is 2. The summed E-state index contributed by atoms with van der Waals surface area (Å²) in [6.07, 6.45) is 3.01. The number of para-hydroxylation sites is 1. The smallest absolute Gasteiger partial charge is 0.163 e. The minimum Gasteiger partial charge on any atom is -0.504 e. The van der Waals surface area contributed by atoms with Gasteiger partial charge in [0.15, 0.2) is 11.5 Å². The van der Waals surface area contributed by atoms with E-state index in [9.17, 15) is 15.3 Å². The van der Waals surface area contributed by atoms with E-state index < -0.39 is 6.10 Å². The molecule has 1 aromatic carbocycles. The summed E-state index contributed by atoms with van der Waals surface area (Å²) in [6, 6.07) is 4.65. The molecule has 0 radical (unpaired) electrons. The fourth-order valence-corrected chi connectivity index (χ4v) is 1.56. The molecule has 3 heteroatoms. The van der Waals surface area contributed by atoms with Gasteiger partial charge in [0.2, 0.25) is 0 Å². The standard InChI is InChI=1S/C12H18O3/c1-2-3-4-7-10(13)9-6-5-8-11(14)12(9)15/h5-6,8,10,13-15H,2-4,7H2,1H3. The molecule has 0 spiro atoms. The molecule has 0 aliphatic heterocycles. The van der Waals surface area contributed by atoms with Crippen LogP contribution in [0.4, 0.5) is 0 Å². The molecule has 3 nitrogen and oxygen atoms in total. The second kappa shape index (κ2) is 5.61. The van der Waals surface area contributed by atoms with Gasteiger partial charge in [-0.2, -0.15) is 0 Å². The van der Waals surface area contributed by atoms with Crippen LogP contribution in [-0.2, 0) is 0 Å². The molecule has 3 N–H and O–H groups in total. The summed E-state index contributed by atoms with van der Waals surface area (Å²) < 4.78 is 0. The lowest BCUT2D eigenvalue weighted by atomic mass is 10.0. The molecule has 15 heavy (non-hydrogen) atoms. The molecule has 1 rings (SSSR count). The lowest BCUT2D eigenvalue weighted by Crippen LogP contribution is -1.97. The van der Waals surface area contributed by atoms with Crippen LogP contribution in [0.1, 0.15) is 44.3 Å². The van der Waals surface area contributed by atoms with Crippen LogP contribution >= 0.6 is 0 Å². The highest BCUT2D eigenvalue weighted by Gasteiger charge is 2.13. The van der Waals surface area contributed by atoms with Crippen molar-refractivity contribution >= 4 is 0 Å². The third kappa shape index (κ3) is 3.13. The third-order valence-corrected chi connectivity index (χ3v) is 2.49. The monoisotopic (exact) mass is 210 g/mol. The normalized spacial score (nSPS) is 12.7. The Hall–Kier alpha value is -1.22. The van der Waals surface area contributed by atoms with Crippen molar-refractivity contribution in [3.63, 3.8) is 0 Å². The number of aliphatic hydroxyl groups is 1. The van der Waals surface area contributed by atoms with Crippen LogP contribution in [0.15, 0.2) is 18.2 Å². The second-order valence-electron chi connectivity index (χ2n) is 3.73. The molecule has 0 aromatic heterocycles. The average molecular weight is 210 g/mol. The van der Waals surface area contributed by atoms with E-state index in [4.69, 9.17) is 0 Å². The van der Waals surface area contributed by atoms with Crippen molar-refractivity contribution in [3.8, 4) is 11.5 Å². The first-order valence-electron chi connectivity index (χ1n) is 5.35. The highest BCUT2D eigenvalue weighted by Crippen LogP contribution is 2.34. The molecule has 1 aromatic rings. The Kier molecular flexibility index (Phi) is 4.43. The summed E-state index contributed by atoms with van der Waals surface area (Å²) in [7, 11) is 0. The van der Waals surface area contributed by atoms with Crippen LogP contribution in [0.3, 0.4) is 0 Å². The summed E-state index contributed by atoms with van der Waals surface area (Å²) in [5, 5.41) is 28.6. The number of benzene rings is 1. The van der Waals surface area contributed by atoms with Crippen LogP contribution < -0.4 is 0 Å². The highest BCUT2D eigenvalue weighted by molar-refractivity contribution is 5.45. The van der Waals surface area contributed by atoms with Crippen LogP contribution in [-0.4, -0.2) is 15.3 Å². The largest absolute Gasteiger partial charge is 0.504 e. The van der Waals surface area contributed by atoms with E-state index in [2.05, 4.69) is 6.92 Å². The number of hydrogen-bond donors (Lipinski definition) is 3. The maximum absolute atomic E-state index is 9.78. The molecule has 0 heterocycles. The Bertz CT molecular complexity index is 310. The Labute approximate surface area is 90.0 Å². The lowest BCUT2D eigenvalue weighted by Gasteiger charge is -2.12. The Morgan fingerprint density at radius 1 is 1.20 bits per heavy atom. The quantitative estimate of drug-likeness (QED) is 0.517. The molecule has 0 bridgehead atoms. The molecule has 0 amide bonds. The number of aromatic hydroxyl groups is 2. The van der Waals surface area contributed by atoms with E-state index in [1.165, 1.54) is 6.07 Å². The van der Waals surface area contributed by atoms with Gasteiger partial charge in [-0.3, -0.25) is 0 Å². The van der Waals surface area contributed by atoms with Gasteiger partial charge in [-0.15, -0.1) is 0 Å². The molecule has 0 fully saturated rings. The van der Waals surface area contributed by atoms with Gasteiger partial charge in [0.1, 0.15) is 0 Å². The van der Waals surface area contributed by atoms with Crippen molar-refractivity contribution in [2.45, 2.75) is 38.7 Å². The van der Waals surface area contributed by atoms with Crippen LogP contribution in [0.25, 0.3) is 0 Å². The van der Waals surface area contributed by atoms with Crippen molar-refractivity contribution in [2.24, 2.45) is 0 Å². The van der Waals surface area contributed by atoms with E-state index in [-0.39, 0.29) is 11.5 Å². The fourth-order valence-electron chi connectivity index (χ4n) is 1.56. The molecule has 0 saturated heterocycles. The van der Waals surface area contributed by atoms with E-state index in [1.54, 1.807) is 12.1 Å². The molecule has 0 aliphatic rings. The van der Waals surface area contributed by atoms with Gasteiger partial charge >= 0.3 is 0 Å². The summed E-state index contributed by atoms with van der Waals surface area (Å²) in [5.74, 6) is -0.386. The second-order valence-corrected chi connectivity index (χ2v) is 3.73. The van der Waals surface area contributed by atoms with E-state index >= 15 is 0 Å². The Morgan fingerprint density at radius 3 is 2.60 bits per heavy atom. The predicted octanol–water partition coefficient (Wildman–Crippen LogP) is 2.71. The average Bonchev–Trinajstić information content (AvgIpc) is 2.22. The van der Waals surface area contributed by atoms with Gasteiger partial charge in [-0.05, 0) is 12.5 Å². The van der Waals surface area contributed by atoms with Crippen molar-refractivity contribution in [1.82, 2.24) is 0 Å². The predicted molar refractivity (Wildman–Crippen MR) is 58.9 cm³/mol. The lowest BCUT2D eigenvalue weighted by molar-refractivity contribution is 0.159. The number of hydrogen-bond acceptors (Lipinski definition) is 3. The van der Waals surface area contributed by atoms with Gasteiger partial charge in [-0.25, -0.2) is 0 Å². The summed E-state index contributed by atoms with van der Waals surface area (Å²) in [6.45, 7) is 2.10. The van der Waals surface area contributed by atoms with Crippen LogP contribution in [0.2, 0.25) is 0 Å². The third-order valence-electron chi connectivity index (χ3n) is 2.49. The number of phenolic OH excluding ortho intramolecular Hbond substituents is 2. The van der Waals surface area contributed by atoms with E-state index in [0.717, 1.165) is 19.3 Å². The van der Waals surface area contributed by atoms with Crippen molar-refractivity contribution in [2.75, 3.05) is 0 Å². The van der Waals surface area contributed by atoms with Gasteiger partial charge in [-0.1, -0.05) is 38.3 Å². The molecule has 0 aliphatic carbocycles. The Morgan fingerprint density at radius 2 is 1.93 bits per heavy atom. The van der Waals surface area contributed by atoms with Crippen molar-refractivity contribution in [3.05, 3.63) is 23.8 Å². The molecule has 1 atom stereocenters. The topological polar surface area (TPSA) is 60.7 Å². The zero-order chi connectivity index (χ0) is 11.3. The minimum atomic E-state index is -0.691. The first kappa shape index (κ1) is 11.9. The van der Waals surface area contributed by atoms with Gasteiger partial charge in [0, 0.05) is 5.56 Å². The molecule has 84 valence electrons. The summed E-state index contributed by atoms with van der Waals surface area (Å²) in [4.78, 5) is 0. The number of rotatable bonds is 5. The molecular weight excluding hydrogens is 192 g/mol. The number of unbranched alkanes of at least 4 members (excludes halogenated alkanes) is 2. The van der Waals surface area contributed by atoms with Gasteiger partial charge in [0.25, 0.3) is 0 Å². The summed E-state index contributed by atoms with van der Waals surface area (Å²) in [5.41, 5.74) is 0.408. The van der Waals surface area contributed by atoms with E-state index in [0.29, 0.717) is 12.0 Å². The highest BCUT2D eigenvalue weighted by atomic mass is 16.3. The molecule has 1 unspecified atom stereocenters. The SMILES string of the molecule is CCCCCC(O)c1cccc(O)c1O. The van der Waals surface area contributed by atoms with Crippen molar-refractivity contribution in [1.29, 1.82) is 0 Å².